The van der Waals surface area contributed by atoms with Crippen molar-refractivity contribution in [1.29, 1.82) is 0 Å². The average Bonchev–Trinajstić information content (AvgIpc) is 2.48. The average molecular weight is 213 g/mol. The summed E-state index contributed by atoms with van der Waals surface area (Å²) in [4.78, 5) is 0. The molecule has 88 valence electrons. The lowest BCUT2D eigenvalue weighted by molar-refractivity contribution is -0.000375. The number of aliphatic hydroxyl groups is 2. The maximum atomic E-state index is 10.4. The number of fused-ring (bicyclic) bond motifs is 2. The van der Waals surface area contributed by atoms with Gasteiger partial charge in [0.15, 0.2) is 0 Å². The Labute approximate surface area is 91.9 Å². The van der Waals surface area contributed by atoms with E-state index in [1.165, 1.54) is 6.42 Å². The molecule has 2 bridgehead atoms. The van der Waals surface area contributed by atoms with E-state index in [1.54, 1.807) is 0 Å². The summed E-state index contributed by atoms with van der Waals surface area (Å²) in [6.45, 7) is 7.48. The summed E-state index contributed by atoms with van der Waals surface area (Å²) in [5, 5.41) is 22.5. The van der Waals surface area contributed by atoms with Crippen LogP contribution in [0.5, 0.6) is 0 Å². The van der Waals surface area contributed by atoms with Gasteiger partial charge in [0.05, 0.1) is 12.7 Å². The molecule has 15 heavy (non-hydrogen) atoms. The highest BCUT2D eigenvalue weighted by atomic mass is 16.3. The van der Waals surface area contributed by atoms with Crippen molar-refractivity contribution in [2.24, 2.45) is 16.7 Å². The van der Waals surface area contributed by atoms with E-state index >= 15 is 0 Å². The maximum Gasteiger partial charge on any atom is 0.0754 e. The molecule has 0 aromatic carbocycles. The SMILES string of the molecule is CC1(C)[C@@H]2CC[C@]1(C)[C@H](O)[C@@H]2NCCO. The first-order valence-electron chi connectivity index (χ1n) is 5.97. The van der Waals surface area contributed by atoms with Crippen LogP contribution in [0, 0.1) is 16.7 Å². The summed E-state index contributed by atoms with van der Waals surface area (Å²) in [6, 6.07) is 0.172. The highest BCUT2D eigenvalue weighted by Gasteiger charge is 2.65. The fourth-order valence-electron chi connectivity index (χ4n) is 3.82. The van der Waals surface area contributed by atoms with Crippen molar-refractivity contribution in [3.63, 3.8) is 0 Å². The predicted octanol–water partition coefficient (Wildman–Crippen LogP) is 0.754. The van der Waals surface area contributed by atoms with Crippen molar-refractivity contribution in [3.05, 3.63) is 0 Å². The number of hydrogen-bond acceptors (Lipinski definition) is 3. The Morgan fingerprint density at radius 2 is 2.00 bits per heavy atom. The molecule has 0 unspecified atom stereocenters. The van der Waals surface area contributed by atoms with Gasteiger partial charge in [-0.1, -0.05) is 20.8 Å². The van der Waals surface area contributed by atoms with Gasteiger partial charge in [-0.15, -0.1) is 0 Å². The predicted molar refractivity (Wildman–Crippen MR) is 59.5 cm³/mol. The monoisotopic (exact) mass is 213 g/mol. The fourth-order valence-corrected chi connectivity index (χ4v) is 3.82. The third-order valence-electron chi connectivity index (χ3n) is 5.29. The highest BCUT2D eigenvalue weighted by Crippen LogP contribution is 2.65. The van der Waals surface area contributed by atoms with Gasteiger partial charge in [-0.25, -0.2) is 0 Å². The molecule has 2 aliphatic rings. The van der Waals surface area contributed by atoms with Crippen molar-refractivity contribution in [3.8, 4) is 0 Å². The van der Waals surface area contributed by atoms with Gasteiger partial charge in [0.25, 0.3) is 0 Å². The minimum Gasteiger partial charge on any atom is -0.395 e. The van der Waals surface area contributed by atoms with Crippen LogP contribution < -0.4 is 5.32 Å². The molecule has 0 heterocycles. The van der Waals surface area contributed by atoms with Crippen molar-refractivity contribution >= 4 is 0 Å². The molecule has 3 nitrogen and oxygen atoms in total. The normalized spacial score (nSPS) is 47.4. The summed E-state index contributed by atoms with van der Waals surface area (Å²) < 4.78 is 0. The van der Waals surface area contributed by atoms with Gasteiger partial charge in [-0.3, -0.25) is 0 Å². The van der Waals surface area contributed by atoms with E-state index in [2.05, 4.69) is 26.1 Å². The van der Waals surface area contributed by atoms with Gasteiger partial charge in [0.1, 0.15) is 0 Å². The van der Waals surface area contributed by atoms with Gasteiger partial charge < -0.3 is 15.5 Å². The maximum absolute atomic E-state index is 10.4. The Balaban J connectivity index is 2.18. The lowest BCUT2D eigenvalue weighted by atomic mass is 9.70. The molecule has 0 saturated heterocycles. The Morgan fingerprint density at radius 1 is 1.33 bits per heavy atom. The Morgan fingerprint density at radius 3 is 2.47 bits per heavy atom. The number of aliphatic hydroxyl groups excluding tert-OH is 2. The van der Waals surface area contributed by atoms with Crippen LogP contribution in [0.3, 0.4) is 0 Å². The molecule has 0 amide bonds. The van der Waals surface area contributed by atoms with Gasteiger partial charge >= 0.3 is 0 Å². The number of rotatable bonds is 3. The number of nitrogens with one attached hydrogen (secondary N) is 1. The van der Waals surface area contributed by atoms with Crippen LogP contribution in [0.25, 0.3) is 0 Å². The standard InChI is InChI=1S/C12H23NO2/c1-11(2)8-4-5-12(11,3)10(15)9(8)13-6-7-14/h8-10,13-15H,4-7H2,1-3H3/t8-,9-,10-,12-/m1/s1. The van der Waals surface area contributed by atoms with E-state index in [0.717, 1.165) is 6.42 Å². The topological polar surface area (TPSA) is 52.5 Å². The van der Waals surface area contributed by atoms with Crippen molar-refractivity contribution in [1.82, 2.24) is 5.32 Å². The lowest BCUT2D eigenvalue weighted by Gasteiger charge is -2.37. The molecule has 0 aliphatic heterocycles. The summed E-state index contributed by atoms with van der Waals surface area (Å²) in [5.74, 6) is 0.545. The molecule has 0 radical (unpaired) electrons. The van der Waals surface area contributed by atoms with E-state index in [-0.39, 0.29) is 29.6 Å². The van der Waals surface area contributed by atoms with E-state index in [0.29, 0.717) is 12.5 Å². The smallest absolute Gasteiger partial charge is 0.0754 e. The molecule has 0 spiro atoms. The first-order valence-corrected chi connectivity index (χ1v) is 5.97. The summed E-state index contributed by atoms with van der Waals surface area (Å²) in [7, 11) is 0. The molecule has 3 N–H and O–H groups in total. The van der Waals surface area contributed by atoms with Crippen LogP contribution in [0.4, 0.5) is 0 Å². The molecular weight excluding hydrogens is 190 g/mol. The summed E-state index contributed by atoms with van der Waals surface area (Å²) >= 11 is 0. The molecule has 0 aromatic rings. The first-order chi connectivity index (χ1) is 6.95. The van der Waals surface area contributed by atoms with Crippen molar-refractivity contribution in [2.75, 3.05) is 13.2 Å². The van der Waals surface area contributed by atoms with Crippen molar-refractivity contribution in [2.45, 2.75) is 45.8 Å². The van der Waals surface area contributed by atoms with E-state index < -0.39 is 0 Å². The fraction of sp³-hybridized carbons (Fsp3) is 1.00. The van der Waals surface area contributed by atoms with Gasteiger partial charge in [-0.2, -0.15) is 0 Å². The van der Waals surface area contributed by atoms with Crippen LogP contribution in [-0.2, 0) is 0 Å². The minimum atomic E-state index is -0.266. The second-order valence-electron chi connectivity index (χ2n) is 5.93. The third-order valence-corrected chi connectivity index (χ3v) is 5.29. The third kappa shape index (κ3) is 1.30. The molecule has 2 fully saturated rings. The molecular formula is C12H23NO2. The Kier molecular flexibility index (Phi) is 2.61. The van der Waals surface area contributed by atoms with Crippen LogP contribution >= 0.6 is 0 Å². The Bertz CT molecular complexity index is 254. The van der Waals surface area contributed by atoms with Crippen LogP contribution in [0.15, 0.2) is 0 Å². The van der Waals surface area contributed by atoms with Crippen molar-refractivity contribution < 1.29 is 10.2 Å². The second-order valence-corrected chi connectivity index (χ2v) is 5.93. The van der Waals surface area contributed by atoms with Crippen LogP contribution in [0.2, 0.25) is 0 Å². The quantitative estimate of drug-likeness (QED) is 0.648. The highest BCUT2D eigenvalue weighted by molar-refractivity contribution is 5.16. The van der Waals surface area contributed by atoms with Gasteiger partial charge in [0.2, 0.25) is 0 Å². The first kappa shape index (κ1) is 11.4. The summed E-state index contributed by atoms with van der Waals surface area (Å²) in [5.41, 5.74) is 0.254. The molecule has 3 heteroatoms. The van der Waals surface area contributed by atoms with Crippen LogP contribution in [-0.4, -0.2) is 35.5 Å². The second kappa shape index (κ2) is 3.44. The molecule has 2 rings (SSSR count). The van der Waals surface area contributed by atoms with Gasteiger partial charge in [-0.05, 0) is 24.2 Å². The minimum absolute atomic E-state index is 0.0464. The van der Waals surface area contributed by atoms with E-state index in [1.807, 2.05) is 0 Å². The zero-order valence-electron chi connectivity index (χ0n) is 9.95. The number of hydrogen-bond donors (Lipinski definition) is 3. The Hall–Kier alpha value is -0.120. The molecule has 2 saturated carbocycles. The lowest BCUT2D eigenvalue weighted by Crippen LogP contribution is -2.47. The van der Waals surface area contributed by atoms with Gasteiger partial charge in [0, 0.05) is 18.0 Å². The molecule has 0 aromatic heterocycles. The zero-order valence-corrected chi connectivity index (χ0v) is 9.95. The van der Waals surface area contributed by atoms with E-state index in [9.17, 15) is 5.11 Å². The molecule has 2 aliphatic carbocycles. The zero-order chi connectivity index (χ0) is 11.3. The van der Waals surface area contributed by atoms with E-state index in [4.69, 9.17) is 5.11 Å². The van der Waals surface area contributed by atoms with Crippen LogP contribution in [0.1, 0.15) is 33.6 Å². The largest absolute Gasteiger partial charge is 0.395 e. The summed E-state index contributed by atoms with van der Waals surface area (Å²) in [6.07, 6.45) is 2.06. The molecule has 4 atom stereocenters.